The molecule has 1 unspecified atom stereocenters. The molecule has 1 atom stereocenters. The molecule has 31 heavy (non-hydrogen) atoms. The van der Waals surface area contributed by atoms with Crippen molar-refractivity contribution >= 4 is 17.3 Å². The van der Waals surface area contributed by atoms with Crippen LogP contribution in [0.1, 0.15) is 84.3 Å². The van der Waals surface area contributed by atoms with Gasteiger partial charge in [-0.3, -0.25) is 9.59 Å². The van der Waals surface area contributed by atoms with Crippen LogP contribution in [0.15, 0.2) is 18.2 Å². The molecule has 1 aromatic carbocycles. The van der Waals surface area contributed by atoms with E-state index in [9.17, 15) is 9.59 Å². The van der Waals surface area contributed by atoms with E-state index in [2.05, 4.69) is 28.5 Å². The molecule has 1 aliphatic carbocycles. The summed E-state index contributed by atoms with van der Waals surface area (Å²) >= 11 is 0. The first-order chi connectivity index (χ1) is 14.9. The Hall–Kier alpha value is -2.40. The van der Waals surface area contributed by atoms with E-state index in [1.54, 1.807) is 0 Å². The number of hydrogen-bond donors (Lipinski definition) is 1. The fraction of sp³-hybridized carbons (Fsp3) is 0.538. The Kier molecular flexibility index (Phi) is 5.04. The molecule has 0 spiro atoms. The van der Waals surface area contributed by atoms with Gasteiger partial charge in [0.1, 0.15) is 11.8 Å². The molecule has 2 aliphatic heterocycles. The fourth-order valence-electron chi connectivity index (χ4n) is 6.18. The third-order valence-electron chi connectivity index (χ3n) is 7.58. The Bertz CT molecular complexity index is 1020. The predicted octanol–water partition coefficient (Wildman–Crippen LogP) is 4.08. The minimum atomic E-state index is -0.636. The van der Waals surface area contributed by atoms with E-state index in [4.69, 9.17) is 5.73 Å². The smallest absolute Gasteiger partial charge is 0.162 e. The number of aromatic nitrogens is 1. The summed E-state index contributed by atoms with van der Waals surface area (Å²) < 4.78 is 2.09. The molecule has 3 aliphatic rings. The standard InChI is InChI=1S/C26H33N3O2/c1-4-7-21(27)29-15(2)12-20(16(29)3)23-25(30)22(26(23)31)19-13-17-8-5-10-28-11-6-9-18(14-19)24(17)28/h12-14,21-23H,4-11,27H2,1-3H3. The Morgan fingerprint density at radius 2 is 1.61 bits per heavy atom. The van der Waals surface area contributed by atoms with Crippen LogP contribution in [0.4, 0.5) is 5.69 Å². The van der Waals surface area contributed by atoms with Crippen molar-refractivity contribution in [2.75, 3.05) is 18.0 Å². The van der Waals surface area contributed by atoms with Crippen LogP contribution < -0.4 is 10.6 Å². The summed E-state index contributed by atoms with van der Waals surface area (Å²) in [6.45, 7) is 8.36. The molecular formula is C26H33N3O2. The summed E-state index contributed by atoms with van der Waals surface area (Å²) in [6, 6.07) is 6.29. The van der Waals surface area contributed by atoms with Crippen molar-refractivity contribution in [2.45, 2.75) is 77.3 Å². The zero-order valence-corrected chi connectivity index (χ0v) is 18.9. The molecule has 164 valence electrons. The van der Waals surface area contributed by atoms with Crippen LogP contribution in [0.2, 0.25) is 0 Å². The van der Waals surface area contributed by atoms with Gasteiger partial charge in [0.25, 0.3) is 0 Å². The lowest BCUT2D eigenvalue weighted by Gasteiger charge is -2.39. The molecule has 0 radical (unpaired) electrons. The van der Waals surface area contributed by atoms with Gasteiger partial charge in [-0.05, 0) is 74.3 Å². The van der Waals surface area contributed by atoms with Gasteiger partial charge in [-0.1, -0.05) is 25.5 Å². The van der Waals surface area contributed by atoms with Gasteiger partial charge in [-0.2, -0.15) is 0 Å². The van der Waals surface area contributed by atoms with E-state index >= 15 is 0 Å². The van der Waals surface area contributed by atoms with Crippen molar-refractivity contribution < 1.29 is 9.59 Å². The summed E-state index contributed by atoms with van der Waals surface area (Å²) in [7, 11) is 0. The number of carbonyl (C=O) groups is 2. The second-order valence-corrected chi connectivity index (χ2v) is 9.61. The maximum Gasteiger partial charge on any atom is 0.162 e. The molecule has 2 aromatic rings. The Morgan fingerprint density at radius 3 is 2.19 bits per heavy atom. The first kappa shape index (κ1) is 20.5. The first-order valence-corrected chi connectivity index (χ1v) is 11.8. The Morgan fingerprint density at radius 1 is 1.00 bits per heavy atom. The lowest BCUT2D eigenvalue weighted by atomic mass is 9.65. The van der Waals surface area contributed by atoms with Crippen LogP contribution in [-0.2, 0) is 22.4 Å². The van der Waals surface area contributed by atoms with Gasteiger partial charge in [0.15, 0.2) is 11.6 Å². The molecule has 5 nitrogen and oxygen atoms in total. The van der Waals surface area contributed by atoms with Gasteiger partial charge < -0.3 is 15.2 Å². The average molecular weight is 420 g/mol. The molecule has 1 saturated carbocycles. The van der Waals surface area contributed by atoms with Crippen LogP contribution in [0.25, 0.3) is 0 Å². The number of anilines is 1. The highest BCUT2D eigenvalue weighted by Crippen LogP contribution is 2.45. The largest absolute Gasteiger partial charge is 0.371 e. The highest BCUT2D eigenvalue weighted by Gasteiger charge is 2.51. The summed E-state index contributed by atoms with van der Waals surface area (Å²) in [6.07, 6.45) is 6.14. The molecular weight excluding hydrogens is 386 g/mol. The fourth-order valence-corrected chi connectivity index (χ4v) is 6.18. The SMILES string of the molecule is CCCC(N)n1c(C)cc(C2C(=O)C(c3cc4c5c(c3)CCCN5CCC4)C2=O)c1C. The summed E-state index contributed by atoms with van der Waals surface area (Å²) in [4.78, 5) is 29.1. The predicted molar refractivity (Wildman–Crippen MR) is 123 cm³/mol. The minimum Gasteiger partial charge on any atom is -0.371 e. The number of carbonyl (C=O) groups excluding carboxylic acids is 2. The number of benzene rings is 1. The normalized spacial score (nSPS) is 23.5. The van der Waals surface area contributed by atoms with Crippen molar-refractivity contribution in [1.29, 1.82) is 0 Å². The van der Waals surface area contributed by atoms with Crippen LogP contribution in [-0.4, -0.2) is 29.2 Å². The minimum absolute atomic E-state index is 0.0462. The van der Waals surface area contributed by atoms with E-state index < -0.39 is 11.8 Å². The number of Topliss-reactive ketones (excluding diaryl/α,β-unsaturated/α-hetero) is 2. The van der Waals surface area contributed by atoms with E-state index in [0.717, 1.165) is 74.1 Å². The zero-order valence-electron chi connectivity index (χ0n) is 18.9. The number of ketones is 2. The van der Waals surface area contributed by atoms with E-state index in [1.165, 1.54) is 16.8 Å². The molecule has 0 amide bonds. The van der Waals surface area contributed by atoms with Crippen molar-refractivity contribution in [1.82, 2.24) is 4.57 Å². The molecule has 2 N–H and O–H groups in total. The van der Waals surface area contributed by atoms with E-state index in [1.807, 2.05) is 19.9 Å². The molecule has 5 rings (SSSR count). The lowest BCUT2D eigenvalue weighted by Crippen LogP contribution is -2.45. The third-order valence-corrected chi connectivity index (χ3v) is 7.58. The van der Waals surface area contributed by atoms with Gasteiger partial charge in [-0.15, -0.1) is 0 Å². The number of nitrogens with zero attached hydrogens (tertiary/aromatic N) is 2. The quantitative estimate of drug-likeness (QED) is 0.742. The van der Waals surface area contributed by atoms with Gasteiger partial charge in [0.2, 0.25) is 0 Å². The maximum atomic E-state index is 13.3. The molecule has 5 heteroatoms. The number of hydrogen-bond acceptors (Lipinski definition) is 4. The topological polar surface area (TPSA) is 68.3 Å². The van der Waals surface area contributed by atoms with Crippen LogP contribution in [0, 0.1) is 13.8 Å². The molecule has 3 heterocycles. The van der Waals surface area contributed by atoms with E-state index in [0.29, 0.717) is 0 Å². The molecule has 0 bridgehead atoms. The number of nitrogens with two attached hydrogens (primary N) is 1. The van der Waals surface area contributed by atoms with E-state index in [-0.39, 0.29) is 17.7 Å². The maximum absolute atomic E-state index is 13.3. The molecule has 0 saturated heterocycles. The monoisotopic (exact) mass is 419 g/mol. The Labute approximate surface area is 184 Å². The third kappa shape index (κ3) is 3.08. The summed E-state index contributed by atoms with van der Waals surface area (Å²) in [5.41, 5.74) is 14.1. The van der Waals surface area contributed by atoms with Gasteiger partial charge >= 0.3 is 0 Å². The van der Waals surface area contributed by atoms with Crippen LogP contribution in [0.5, 0.6) is 0 Å². The van der Waals surface area contributed by atoms with Crippen molar-refractivity contribution in [3.8, 4) is 0 Å². The van der Waals surface area contributed by atoms with Gasteiger partial charge in [-0.25, -0.2) is 0 Å². The lowest BCUT2D eigenvalue weighted by molar-refractivity contribution is -0.142. The highest BCUT2D eigenvalue weighted by molar-refractivity contribution is 6.31. The van der Waals surface area contributed by atoms with Crippen molar-refractivity contribution in [2.24, 2.45) is 5.73 Å². The van der Waals surface area contributed by atoms with Crippen LogP contribution >= 0.6 is 0 Å². The molecule has 1 fully saturated rings. The Balaban J connectivity index is 1.46. The van der Waals surface area contributed by atoms with Gasteiger partial charge in [0.05, 0.1) is 6.17 Å². The summed E-state index contributed by atoms with van der Waals surface area (Å²) in [5.74, 6) is -1.14. The van der Waals surface area contributed by atoms with Crippen molar-refractivity contribution in [3.05, 3.63) is 51.8 Å². The highest BCUT2D eigenvalue weighted by atomic mass is 16.2. The summed E-state index contributed by atoms with van der Waals surface area (Å²) in [5, 5.41) is 0. The number of rotatable bonds is 5. The van der Waals surface area contributed by atoms with Gasteiger partial charge in [0, 0.05) is 30.2 Å². The van der Waals surface area contributed by atoms with Crippen molar-refractivity contribution in [3.63, 3.8) is 0 Å². The van der Waals surface area contributed by atoms with Crippen LogP contribution in [0.3, 0.4) is 0 Å². The first-order valence-electron chi connectivity index (χ1n) is 11.8. The zero-order chi connectivity index (χ0) is 21.9. The number of aryl methyl sites for hydroxylation is 3. The molecule has 1 aromatic heterocycles. The second kappa shape index (κ2) is 7.63. The average Bonchev–Trinajstić information content (AvgIpc) is 3.02. The second-order valence-electron chi connectivity index (χ2n) is 9.61.